The van der Waals surface area contributed by atoms with E-state index in [1.165, 1.54) is 150 Å². The van der Waals surface area contributed by atoms with E-state index in [0.29, 0.717) is 12.8 Å². The maximum Gasteiger partial charge on any atom is 0.306 e. The molecule has 0 aliphatic carbocycles. The highest BCUT2D eigenvalue weighted by Crippen LogP contribution is 2.25. The molecule has 0 aromatic carbocycles. The Hall–Kier alpha value is -2.54. The van der Waals surface area contributed by atoms with Crippen LogP contribution in [-0.2, 0) is 44.7 Å². The number of hydrogen-bond donors (Lipinski definition) is 1. The summed E-state index contributed by atoms with van der Waals surface area (Å²) in [4.78, 5) is 24.5. The molecule has 0 amide bonds. The quantitative estimate of drug-likeness (QED) is 0.0544. The van der Waals surface area contributed by atoms with E-state index in [1.807, 2.05) is 0 Å². The molecular weight excluding hydrogens is 689 g/mol. The van der Waals surface area contributed by atoms with Crippen molar-refractivity contribution in [3.05, 3.63) is 45.8 Å². The Morgan fingerprint density at radius 3 is 1.45 bits per heavy atom. The van der Waals surface area contributed by atoms with Crippen LogP contribution in [0.1, 0.15) is 221 Å². The summed E-state index contributed by atoms with van der Waals surface area (Å²) in [6.07, 6.45) is 32.2. The van der Waals surface area contributed by atoms with Crippen molar-refractivity contribution in [2.24, 2.45) is 0 Å². The van der Waals surface area contributed by atoms with Crippen molar-refractivity contribution in [2.45, 2.75) is 233 Å². The molecule has 7 nitrogen and oxygen atoms in total. The zero-order valence-electron chi connectivity index (χ0n) is 36.2. The van der Waals surface area contributed by atoms with Crippen molar-refractivity contribution < 1.29 is 33.0 Å². The minimum Gasteiger partial charge on any atom is -0.466 e. The van der Waals surface area contributed by atoms with Gasteiger partial charge in [-0.3, -0.25) is 9.59 Å². The fraction of sp³-hybridized carbons (Fsp3) is 0.792. The highest BCUT2D eigenvalue weighted by Gasteiger charge is 2.16. The second-order valence-corrected chi connectivity index (χ2v) is 16.3. The van der Waals surface area contributed by atoms with Crippen LogP contribution in [-0.4, -0.2) is 36.4 Å². The van der Waals surface area contributed by atoms with Gasteiger partial charge in [0.25, 0.3) is 0 Å². The van der Waals surface area contributed by atoms with Crippen molar-refractivity contribution in [1.29, 1.82) is 0 Å². The zero-order chi connectivity index (χ0) is 39.9. The molecule has 55 heavy (non-hydrogen) atoms. The summed E-state index contributed by atoms with van der Waals surface area (Å²) in [5.74, 6) is 4.11. The van der Waals surface area contributed by atoms with E-state index < -0.39 is 6.10 Å². The Labute approximate surface area is 336 Å². The molecule has 0 unspecified atom stereocenters. The normalized spacial score (nSPS) is 12.0. The lowest BCUT2D eigenvalue weighted by Gasteiger charge is -2.15. The monoisotopic (exact) mass is 771 g/mol. The average Bonchev–Trinajstić information content (AvgIpc) is 3.67. The fourth-order valence-electron chi connectivity index (χ4n) is 7.46. The van der Waals surface area contributed by atoms with Gasteiger partial charge in [0.15, 0.2) is 6.10 Å². The Kier molecular flexibility index (Phi) is 27.9. The van der Waals surface area contributed by atoms with Crippen LogP contribution in [0.5, 0.6) is 0 Å². The first kappa shape index (κ1) is 48.6. The topological polar surface area (TPSA) is 99.1 Å². The predicted molar refractivity (Wildman–Crippen MR) is 226 cm³/mol. The number of furan rings is 2. The number of carbonyl (C=O) groups is 2. The summed E-state index contributed by atoms with van der Waals surface area (Å²) in [7, 11) is 0. The number of unbranched alkanes of at least 4 members (excludes halogenated alkanes) is 20. The third kappa shape index (κ3) is 22.7. The van der Waals surface area contributed by atoms with Crippen LogP contribution >= 0.6 is 0 Å². The molecule has 2 rings (SSSR count). The number of hydrogen-bond acceptors (Lipinski definition) is 7. The molecule has 316 valence electrons. The molecule has 0 radical (unpaired) electrons. The van der Waals surface area contributed by atoms with E-state index in [2.05, 4.69) is 40.7 Å². The van der Waals surface area contributed by atoms with Crippen LogP contribution in [0.3, 0.4) is 0 Å². The third-order valence-electron chi connectivity index (χ3n) is 11.3. The van der Waals surface area contributed by atoms with Gasteiger partial charge in [-0.2, -0.15) is 0 Å². The van der Waals surface area contributed by atoms with Gasteiger partial charge in [-0.1, -0.05) is 129 Å². The molecule has 0 saturated heterocycles. The maximum atomic E-state index is 12.3. The number of aryl methyl sites for hydroxylation is 5. The summed E-state index contributed by atoms with van der Waals surface area (Å²) < 4.78 is 23.0. The molecule has 1 N–H and O–H groups in total. The van der Waals surface area contributed by atoms with E-state index in [-0.39, 0.29) is 25.2 Å². The van der Waals surface area contributed by atoms with Crippen molar-refractivity contribution in [3.8, 4) is 0 Å². The van der Waals surface area contributed by atoms with Crippen molar-refractivity contribution in [3.63, 3.8) is 0 Å². The largest absolute Gasteiger partial charge is 0.466 e. The molecule has 0 aliphatic heterocycles. The van der Waals surface area contributed by atoms with Crippen LogP contribution in [0, 0.1) is 20.8 Å². The first-order valence-electron chi connectivity index (χ1n) is 22.9. The molecule has 0 spiro atoms. The number of ether oxygens (including phenoxy) is 2. The van der Waals surface area contributed by atoms with E-state index in [4.69, 9.17) is 18.3 Å². The van der Waals surface area contributed by atoms with Gasteiger partial charge >= 0.3 is 11.9 Å². The molecule has 7 heteroatoms. The van der Waals surface area contributed by atoms with Gasteiger partial charge in [-0.05, 0) is 82.1 Å². The second kappa shape index (κ2) is 31.5. The minimum atomic E-state index is -0.791. The van der Waals surface area contributed by atoms with Gasteiger partial charge in [-0.25, -0.2) is 0 Å². The Balaban J connectivity index is 1.36. The second-order valence-electron chi connectivity index (χ2n) is 16.3. The highest BCUT2D eigenvalue weighted by molar-refractivity contribution is 5.70. The molecule has 0 fully saturated rings. The summed E-state index contributed by atoms with van der Waals surface area (Å²) in [5.41, 5.74) is 4.03. The van der Waals surface area contributed by atoms with Crippen LogP contribution < -0.4 is 0 Å². The van der Waals surface area contributed by atoms with Crippen molar-refractivity contribution in [1.82, 2.24) is 0 Å². The first-order chi connectivity index (χ1) is 26.8. The van der Waals surface area contributed by atoms with Crippen LogP contribution in [0.25, 0.3) is 0 Å². The van der Waals surface area contributed by atoms with Gasteiger partial charge in [0.1, 0.15) is 29.6 Å². The Morgan fingerprint density at radius 1 is 0.545 bits per heavy atom. The number of aliphatic hydroxyl groups is 1. The molecule has 0 bridgehead atoms. The van der Waals surface area contributed by atoms with Crippen LogP contribution in [0.2, 0.25) is 0 Å². The van der Waals surface area contributed by atoms with Gasteiger partial charge in [0.05, 0.1) is 6.61 Å². The Bertz CT molecular complexity index is 1260. The van der Waals surface area contributed by atoms with Gasteiger partial charge in [0.2, 0.25) is 0 Å². The number of carbonyl (C=O) groups excluding carboxylic acids is 2. The summed E-state index contributed by atoms with van der Waals surface area (Å²) in [6, 6.07) is 2.22. The molecule has 2 aromatic heterocycles. The molecular formula is C48H82O7. The molecule has 0 aliphatic rings. The lowest BCUT2D eigenvalue weighted by Crippen LogP contribution is -2.28. The zero-order valence-corrected chi connectivity index (χ0v) is 36.2. The van der Waals surface area contributed by atoms with Gasteiger partial charge < -0.3 is 23.4 Å². The standard InChI is InChI=1S/C48H82O7/c1-6-8-24-30-42-36-39(3)44(53-42)31-26-20-16-14-15-19-23-29-35-48(51)54-43(37-49)38-52-47(50)34-28-22-18-13-11-10-12-17-21-27-33-46-41(5)40(4)45(55-46)32-25-9-7-2/h36,43,49H,6-35,37-38H2,1-5H3/t43-/m0/s1. The van der Waals surface area contributed by atoms with Crippen molar-refractivity contribution in [2.75, 3.05) is 13.2 Å². The summed E-state index contributed by atoms with van der Waals surface area (Å²) in [6.45, 7) is 10.6. The van der Waals surface area contributed by atoms with Crippen LogP contribution in [0.15, 0.2) is 14.9 Å². The van der Waals surface area contributed by atoms with E-state index in [0.717, 1.165) is 70.0 Å². The van der Waals surface area contributed by atoms with E-state index >= 15 is 0 Å². The fourth-order valence-corrected chi connectivity index (χ4v) is 7.46. The molecule has 2 heterocycles. The number of esters is 2. The summed E-state index contributed by atoms with van der Waals surface area (Å²) in [5, 5.41) is 9.63. The number of aliphatic hydroxyl groups excluding tert-OH is 1. The smallest absolute Gasteiger partial charge is 0.306 e. The van der Waals surface area contributed by atoms with E-state index in [9.17, 15) is 14.7 Å². The van der Waals surface area contributed by atoms with Crippen molar-refractivity contribution >= 4 is 11.9 Å². The third-order valence-corrected chi connectivity index (χ3v) is 11.3. The molecule has 2 aromatic rings. The highest BCUT2D eigenvalue weighted by atomic mass is 16.6. The number of rotatable bonds is 36. The minimum absolute atomic E-state index is 0.0818. The lowest BCUT2D eigenvalue weighted by molar-refractivity contribution is -0.161. The molecule has 0 saturated carbocycles. The predicted octanol–water partition coefficient (Wildman–Crippen LogP) is 13.3. The maximum absolute atomic E-state index is 12.3. The SMILES string of the molecule is CCCCCc1cc(C)c(CCCCCCCCCCC(=O)O[C@@H](CO)COC(=O)CCCCCCCCCCCCc2oc(CCCCC)c(C)c2C)o1. The van der Waals surface area contributed by atoms with Gasteiger partial charge in [0, 0.05) is 38.5 Å². The Morgan fingerprint density at radius 2 is 0.964 bits per heavy atom. The lowest BCUT2D eigenvalue weighted by atomic mass is 10.0. The average molecular weight is 771 g/mol. The van der Waals surface area contributed by atoms with E-state index in [1.54, 1.807) is 0 Å². The van der Waals surface area contributed by atoms with Crippen LogP contribution in [0.4, 0.5) is 0 Å². The summed E-state index contributed by atoms with van der Waals surface area (Å²) >= 11 is 0. The first-order valence-corrected chi connectivity index (χ1v) is 22.9. The molecule has 1 atom stereocenters. The van der Waals surface area contributed by atoms with Gasteiger partial charge in [-0.15, -0.1) is 0 Å².